The molecule has 0 fully saturated rings. The van der Waals surface area contributed by atoms with Crippen molar-refractivity contribution in [2.75, 3.05) is 18.8 Å². The first-order valence-electron chi connectivity index (χ1n) is 6.25. The lowest BCUT2D eigenvalue weighted by molar-refractivity contribution is -0.131. The third-order valence-corrected chi connectivity index (χ3v) is 3.15. The number of carbonyl (C=O) groups is 1. The zero-order valence-corrected chi connectivity index (χ0v) is 11.1. The van der Waals surface area contributed by atoms with Gasteiger partial charge >= 0.3 is 0 Å². The average Bonchev–Trinajstić information content (AvgIpc) is 2.66. The smallest absolute Gasteiger partial charge is 0.242 e. The number of nitrogen functional groups attached to an aromatic ring is 1. The predicted octanol–water partition coefficient (Wildman–Crippen LogP) is 1.63. The number of rotatable bonds is 4. The zero-order valence-electron chi connectivity index (χ0n) is 11.1. The molecule has 2 N–H and O–H groups in total. The number of amides is 1. The van der Waals surface area contributed by atoms with Gasteiger partial charge in [0.2, 0.25) is 11.9 Å². The van der Waals surface area contributed by atoms with Crippen LogP contribution in [-0.4, -0.2) is 33.4 Å². The number of aromatic nitrogens is 2. The molecule has 0 aliphatic rings. The van der Waals surface area contributed by atoms with Gasteiger partial charge in [0.05, 0.1) is 11.0 Å². The molecular weight excluding hydrogens is 247 g/mol. The standard InChI is InChI=1S/C13H17FN4O/c1-3-17(4-2)12(19)8-18-11-6-5-9(14)7-10(11)16-13(18)15/h5-7H,3-4,8H2,1-2H3,(H2,15,16). The summed E-state index contributed by atoms with van der Waals surface area (Å²) in [6, 6.07) is 4.23. The summed E-state index contributed by atoms with van der Waals surface area (Å²) in [4.78, 5) is 17.9. The van der Waals surface area contributed by atoms with E-state index in [2.05, 4.69) is 4.98 Å². The Balaban J connectivity index is 2.35. The first-order valence-corrected chi connectivity index (χ1v) is 6.25. The zero-order chi connectivity index (χ0) is 14.0. The lowest BCUT2D eigenvalue weighted by Gasteiger charge is -2.19. The normalized spacial score (nSPS) is 10.9. The maximum Gasteiger partial charge on any atom is 0.242 e. The lowest BCUT2D eigenvalue weighted by Crippen LogP contribution is -2.33. The van der Waals surface area contributed by atoms with E-state index >= 15 is 0 Å². The van der Waals surface area contributed by atoms with E-state index in [0.29, 0.717) is 24.1 Å². The summed E-state index contributed by atoms with van der Waals surface area (Å²) >= 11 is 0. The summed E-state index contributed by atoms with van der Waals surface area (Å²) in [6.07, 6.45) is 0. The molecule has 1 heterocycles. The van der Waals surface area contributed by atoms with Gasteiger partial charge in [-0.25, -0.2) is 9.37 Å². The number of hydrogen-bond acceptors (Lipinski definition) is 3. The number of fused-ring (bicyclic) bond motifs is 1. The molecule has 1 amide bonds. The molecule has 0 atom stereocenters. The van der Waals surface area contributed by atoms with E-state index in [1.165, 1.54) is 12.1 Å². The molecule has 1 aromatic carbocycles. The van der Waals surface area contributed by atoms with Crippen LogP contribution in [0.3, 0.4) is 0 Å². The second-order valence-corrected chi connectivity index (χ2v) is 4.26. The molecule has 0 aliphatic heterocycles. The number of nitrogens with two attached hydrogens (primary N) is 1. The summed E-state index contributed by atoms with van der Waals surface area (Å²) in [6.45, 7) is 5.26. The van der Waals surface area contributed by atoms with Crippen molar-refractivity contribution in [3.8, 4) is 0 Å². The summed E-state index contributed by atoms with van der Waals surface area (Å²) in [5.74, 6) is -0.173. The van der Waals surface area contributed by atoms with Gasteiger partial charge < -0.3 is 15.2 Å². The number of imidazole rings is 1. The van der Waals surface area contributed by atoms with Crippen molar-refractivity contribution >= 4 is 22.9 Å². The molecular formula is C13H17FN4O. The van der Waals surface area contributed by atoms with E-state index in [1.807, 2.05) is 13.8 Å². The molecule has 1 aromatic heterocycles. The summed E-state index contributed by atoms with van der Waals surface area (Å²) < 4.78 is 14.7. The molecule has 2 aromatic rings. The van der Waals surface area contributed by atoms with Gasteiger partial charge in [-0.05, 0) is 26.0 Å². The number of anilines is 1. The number of likely N-dealkylation sites (N-methyl/N-ethyl adjacent to an activating group) is 1. The molecule has 0 spiro atoms. The molecule has 102 valence electrons. The maximum atomic E-state index is 13.1. The maximum absolute atomic E-state index is 13.1. The number of benzene rings is 1. The van der Waals surface area contributed by atoms with E-state index in [9.17, 15) is 9.18 Å². The van der Waals surface area contributed by atoms with E-state index in [-0.39, 0.29) is 24.2 Å². The van der Waals surface area contributed by atoms with Crippen LogP contribution in [0.2, 0.25) is 0 Å². The van der Waals surface area contributed by atoms with Crippen molar-refractivity contribution in [1.29, 1.82) is 0 Å². The fourth-order valence-electron chi connectivity index (χ4n) is 2.10. The van der Waals surface area contributed by atoms with Gasteiger partial charge in [0.25, 0.3) is 0 Å². The summed E-state index contributed by atoms with van der Waals surface area (Å²) in [5, 5.41) is 0. The van der Waals surface area contributed by atoms with E-state index < -0.39 is 0 Å². The van der Waals surface area contributed by atoms with Gasteiger partial charge in [0.1, 0.15) is 12.4 Å². The second kappa shape index (κ2) is 5.26. The SMILES string of the molecule is CCN(CC)C(=O)Cn1c(N)nc2cc(F)ccc21. The highest BCUT2D eigenvalue weighted by Gasteiger charge is 2.15. The highest BCUT2D eigenvalue weighted by molar-refractivity contribution is 5.82. The second-order valence-electron chi connectivity index (χ2n) is 4.26. The van der Waals surface area contributed by atoms with Gasteiger partial charge in [-0.15, -0.1) is 0 Å². The summed E-state index contributed by atoms with van der Waals surface area (Å²) in [7, 11) is 0. The Kier molecular flexibility index (Phi) is 3.69. The van der Waals surface area contributed by atoms with Crippen LogP contribution in [0.1, 0.15) is 13.8 Å². The van der Waals surface area contributed by atoms with E-state index in [1.54, 1.807) is 15.5 Å². The number of nitrogens with zero attached hydrogens (tertiary/aromatic N) is 3. The van der Waals surface area contributed by atoms with Gasteiger partial charge in [0, 0.05) is 19.2 Å². The summed E-state index contributed by atoms with van der Waals surface area (Å²) in [5.41, 5.74) is 6.92. The molecule has 0 radical (unpaired) electrons. The monoisotopic (exact) mass is 264 g/mol. The quantitative estimate of drug-likeness (QED) is 0.912. The Labute approximate surface area is 110 Å². The Morgan fingerprint density at radius 2 is 2.11 bits per heavy atom. The highest BCUT2D eigenvalue weighted by Crippen LogP contribution is 2.19. The Morgan fingerprint density at radius 3 is 2.74 bits per heavy atom. The van der Waals surface area contributed by atoms with Crippen molar-refractivity contribution in [1.82, 2.24) is 14.5 Å². The van der Waals surface area contributed by atoms with Crippen LogP contribution in [-0.2, 0) is 11.3 Å². The lowest BCUT2D eigenvalue weighted by atomic mass is 10.3. The Morgan fingerprint density at radius 1 is 1.42 bits per heavy atom. The molecule has 0 saturated carbocycles. The molecule has 0 bridgehead atoms. The van der Waals surface area contributed by atoms with Crippen LogP contribution in [0.15, 0.2) is 18.2 Å². The van der Waals surface area contributed by atoms with Crippen molar-refractivity contribution < 1.29 is 9.18 Å². The van der Waals surface area contributed by atoms with Gasteiger partial charge in [-0.1, -0.05) is 0 Å². The molecule has 0 aliphatic carbocycles. The minimum atomic E-state index is -0.368. The Bertz CT molecular complexity index is 604. The first kappa shape index (κ1) is 13.3. The fourth-order valence-corrected chi connectivity index (χ4v) is 2.10. The van der Waals surface area contributed by atoms with Crippen molar-refractivity contribution in [3.63, 3.8) is 0 Å². The van der Waals surface area contributed by atoms with Crippen LogP contribution in [0, 0.1) is 5.82 Å². The fraction of sp³-hybridized carbons (Fsp3) is 0.385. The van der Waals surface area contributed by atoms with Gasteiger partial charge in [-0.2, -0.15) is 0 Å². The average molecular weight is 264 g/mol. The third-order valence-electron chi connectivity index (χ3n) is 3.15. The van der Waals surface area contributed by atoms with Crippen LogP contribution < -0.4 is 5.73 Å². The molecule has 0 unspecified atom stereocenters. The van der Waals surface area contributed by atoms with Crippen molar-refractivity contribution in [3.05, 3.63) is 24.0 Å². The van der Waals surface area contributed by atoms with Gasteiger partial charge in [-0.3, -0.25) is 4.79 Å². The van der Waals surface area contributed by atoms with Crippen LogP contribution in [0.25, 0.3) is 11.0 Å². The minimum absolute atomic E-state index is 0.0275. The minimum Gasteiger partial charge on any atom is -0.369 e. The van der Waals surface area contributed by atoms with Crippen molar-refractivity contribution in [2.24, 2.45) is 0 Å². The first-order chi connectivity index (χ1) is 9.06. The van der Waals surface area contributed by atoms with Crippen LogP contribution >= 0.6 is 0 Å². The van der Waals surface area contributed by atoms with E-state index in [0.717, 1.165) is 0 Å². The molecule has 0 saturated heterocycles. The largest absolute Gasteiger partial charge is 0.369 e. The van der Waals surface area contributed by atoms with Crippen molar-refractivity contribution in [2.45, 2.75) is 20.4 Å². The molecule has 19 heavy (non-hydrogen) atoms. The molecule has 5 nitrogen and oxygen atoms in total. The molecule has 2 rings (SSSR count). The highest BCUT2D eigenvalue weighted by atomic mass is 19.1. The van der Waals surface area contributed by atoms with Gasteiger partial charge in [0.15, 0.2) is 0 Å². The topological polar surface area (TPSA) is 64.2 Å². The number of hydrogen-bond donors (Lipinski definition) is 1. The van der Waals surface area contributed by atoms with Crippen LogP contribution in [0.4, 0.5) is 10.3 Å². The van der Waals surface area contributed by atoms with E-state index in [4.69, 9.17) is 5.73 Å². The Hall–Kier alpha value is -2.11. The third kappa shape index (κ3) is 2.52. The predicted molar refractivity (Wildman–Crippen MR) is 72.0 cm³/mol. The number of carbonyl (C=O) groups excluding carboxylic acids is 1. The number of halogens is 1. The molecule has 6 heteroatoms. The van der Waals surface area contributed by atoms with Crippen LogP contribution in [0.5, 0.6) is 0 Å².